The Kier molecular flexibility index (Phi) is 5.13. The van der Waals surface area contributed by atoms with Crippen molar-refractivity contribution in [2.75, 3.05) is 6.61 Å². The number of aromatic hydroxyl groups is 1. The Hall–Kier alpha value is -2.04. The van der Waals surface area contributed by atoms with E-state index in [2.05, 4.69) is 5.32 Å². The summed E-state index contributed by atoms with van der Waals surface area (Å²) in [6, 6.07) is 4.78. The first-order valence-corrected chi connectivity index (χ1v) is 6.53. The third-order valence-electron chi connectivity index (χ3n) is 3.15. The van der Waals surface area contributed by atoms with Crippen LogP contribution in [-0.2, 0) is 9.53 Å². The van der Waals surface area contributed by atoms with E-state index >= 15 is 0 Å². The summed E-state index contributed by atoms with van der Waals surface area (Å²) in [6.45, 7) is 7.05. The number of esters is 1. The molecule has 0 bridgehead atoms. The summed E-state index contributed by atoms with van der Waals surface area (Å²) in [4.78, 5) is 23.4. The Labute approximate surface area is 118 Å². The molecule has 5 nitrogen and oxygen atoms in total. The van der Waals surface area contributed by atoms with Crippen LogP contribution in [0.25, 0.3) is 0 Å². The van der Waals surface area contributed by atoms with E-state index in [1.54, 1.807) is 19.1 Å². The molecule has 1 aromatic rings. The van der Waals surface area contributed by atoms with Crippen LogP contribution in [-0.4, -0.2) is 29.1 Å². The minimum absolute atomic E-state index is 0.0625. The summed E-state index contributed by atoms with van der Waals surface area (Å²) in [5.74, 6) is -1.19. The minimum atomic E-state index is -0.712. The van der Waals surface area contributed by atoms with Crippen LogP contribution in [0.2, 0.25) is 0 Å². The number of phenols is 1. The number of para-hydroxylation sites is 1. The van der Waals surface area contributed by atoms with Crippen molar-refractivity contribution in [3.05, 3.63) is 29.3 Å². The highest BCUT2D eigenvalue weighted by Gasteiger charge is 2.20. The number of nitrogens with one attached hydrogen (secondary N) is 1. The Balaban J connectivity index is 2.60. The van der Waals surface area contributed by atoms with Gasteiger partial charge in [0.05, 0.1) is 0 Å². The molecule has 0 spiro atoms. The number of aryl methyl sites for hydroxylation is 1. The molecule has 2 N–H and O–H groups in total. The molecular formula is C15H21NO4. The third-order valence-corrected chi connectivity index (χ3v) is 3.15. The lowest BCUT2D eigenvalue weighted by Gasteiger charge is -2.24. The maximum absolute atomic E-state index is 11.8. The summed E-state index contributed by atoms with van der Waals surface area (Å²) in [5, 5.41) is 12.5. The number of benzene rings is 1. The number of phenolic OH excluding ortho intramolecular Hbond substituents is 1. The van der Waals surface area contributed by atoms with Crippen molar-refractivity contribution >= 4 is 11.9 Å². The molecule has 0 radical (unpaired) electrons. The van der Waals surface area contributed by atoms with Gasteiger partial charge in [-0.3, -0.25) is 4.79 Å². The second-order valence-electron chi connectivity index (χ2n) is 5.33. The molecule has 0 aliphatic rings. The van der Waals surface area contributed by atoms with Crippen LogP contribution in [0, 0.1) is 6.92 Å². The van der Waals surface area contributed by atoms with Gasteiger partial charge in [-0.05, 0) is 38.8 Å². The van der Waals surface area contributed by atoms with Gasteiger partial charge in [0.2, 0.25) is 0 Å². The second-order valence-corrected chi connectivity index (χ2v) is 5.33. The Morgan fingerprint density at radius 2 is 2.00 bits per heavy atom. The predicted octanol–water partition coefficient (Wildman–Crippen LogP) is 2.16. The van der Waals surface area contributed by atoms with Crippen LogP contribution in [0.5, 0.6) is 5.75 Å². The molecule has 110 valence electrons. The lowest BCUT2D eigenvalue weighted by molar-refractivity contribution is -0.125. The summed E-state index contributed by atoms with van der Waals surface area (Å²) < 4.78 is 4.91. The fraction of sp³-hybridized carbons (Fsp3) is 0.467. The number of rotatable bonds is 5. The largest absolute Gasteiger partial charge is 0.507 e. The topological polar surface area (TPSA) is 75.6 Å². The summed E-state index contributed by atoms with van der Waals surface area (Å²) in [7, 11) is 0. The van der Waals surface area contributed by atoms with Crippen LogP contribution in [0.1, 0.15) is 43.1 Å². The van der Waals surface area contributed by atoms with Crippen molar-refractivity contribution < 1.29 is 19.4 Å². The van der Waals surface area contributed by atoms with E-state index in [1.807, 2.05) is 20.8 Å². The van der Waals surface area contributed by atoms with Crippen LogP contribution < -0.4 is 5.32 Å². The number of amides is 1. The Bertz CT molecular complexity index is 509. The zero-order chi connectivity index (χ0) is 15.3. The smallest absolute Gasteiger partial charge is 0.342 e. The monoisotopic (exact) mass is 279 g/mol. The van der Waals surface area contributed by atoms with Gasteiger partial charge in [0, 0.05) is 5.54 Å². The van der Waals surface area contributed by atoms with Gasteiger partial charge in [0.25, 0.3) is 5.91 Å². The van der Waals surface area contributed by atoms with Crippen LogP contribution in [0.15, 0.2) is 18.2 Å². The number of carbonyl (C=O) groups is 2. The maximum Gasteiger partial charge on any atom is 0.342 e. The standard InChI is InChI=1S/C15H21NO4/c1-5-15(3,4)16-12(17)9-20-14(19)11-8-6-7-10(2)13(11)18/h6-8,18H,5,9H2,1-4H3,(H,16,17). The van der Waals surface area contributed by atoms with E-state index in [0.717, 1.165) is 6.42 Å². The summed E-state index contributed by atoms with van der Waals surface area (Å²) >= 11 is 0. The molecule has 1 rings (SSSR count). The highest BCUT2D eigenvalue weighted by Crippen LogP contribution is 2.22. The van der Waals surface area contributed by atoms with Gasteiger partial charge in [-0.1, -0.05) is 19.1 Å². The first-order valence-electron chi connectivity index (χ1n) is 6.53. The van der Waals surface area contributed by atoms with E-state index in [4.69, 9.17) is 4.74 Å². The third kappa shape index (κ3) is 4.26. The van der Waals surface area contributed by atoms with Gasteiger partial charge in [-0.15, -0.1) is 0 Å². The number of ether oxygens (including phenoxy) is 1. The summed E-state index contributed by atoms with van der Waals surface area (Å²) in [5.41, 5.74) is 0.304. The molecule has 0 fully saturated rings. The molecule has 5 heteroatoms. The van der Waals surface area contributed by atoms with Gasteiger partial charge in [-0.2, -0.15) is 0 Å². The number of carbonyl (C=O) groups excluding carboxylic acids is 2. The van der Waals surface area contributed by atoms with Gasteiger partial charge in [0.1, 0.15) is 11.3 Å². The zero-order valence-electron chi connectivity index (χ0n) is 12.3. The number of hydrogen-bond donors (Lipinski definition) is 2. The highest BCUT2D eigenvalue weighted by molar-refractivity contribution is 5.94. The van der Waals surface area contributed by atoms with Crippen LogP contribution in [0.4, 0.5) is 0 Å². The predicted molar refractivity (Wildman–Crippen MR) is 75.6 cm³/mol. The summed E-state index contributed by atoms with van der Waals surface area (Å²) in [6.07, 6.45) is 0.769. The van der Waals surface area contributed by atoms with Crippen LogP contribution >= 0.6 is 0 Å². The van der Waals surface area contributed by atoms with E-state index in [-0.39, 0.29) is 29.4 Å². The lowest BCUT2D eigenvalue weighted by Crippen LogP contribution is -2.44. The average molecular weight is 279 g/mol. The Morgan fingerprint density at radius 1 is 1.35 bits per heavy atom. The fourth-order valence-electron chi connectivity index (χ4n) is 1.53. The SMILES string of the molecule is CCC(C)(C)NC(=O)COC(=O)c1cccc(C)c1O. The first kappa shape index (κ1) is 16.0. The van der Waals surface area contributed by atoms with E-state index in [9.17, 15) is 14.7 Å². The quantitative estimate of drug-likeness (QED) is 0.810. The van der Waals surface area contributed by atoms with Crippen molar-refractivity contribution in [2.24, 2.45) is 0 Å². The molecule has 0 unspecified atom stereocenters. The van der Waals surface area contributed by atoms with Crippen molar-refractivity contribution in [1.29, 1.82) is 0 Å². The molecule has 0 aliphatic heterocycles. The minimum Gasteiger partial charge on any atom is -0.507 e. The van der Waals surface area contributed by atoms with Gasteiger partial charge >= 0.3 is 5.97 Å². The zero-order valence-corrected chi connectivity index (χ0v) is 12.3. The van der Waals surface area contributed by atoms with Gasteiger partial charge < -0.3 is 15.2 Å². The maximum atomic E-state index is 11.8. The molecule has 1 aromatic carbocycles. The van der Waals surface area contributed by atoms with Crippen molar-refractivity contribution in [3.8, 4) is 5.75 Å². The average Bonchev–Trinajstić information content (AvgIpc) is 2.38. The Morgan fingerprint density at radius 3 is 2.60 bits per heavy atom. The molecule has 1 amide bonds. The van der Waals surface area contributed by atoms with E-state index < -0.39 is 5.97 Å². The van der Waals surface area contributed by atoms with Gasteiger partial charge in [0.15, 0.2) is 6.61 Å². The highest BCUT2D eigenvalue weighted by atomic mass is 16.5. The normalized spacial score (nSPS) is 11.0. The molecule has 0 atom stereocenters. The first-order chi connectivity index (χ1) is 9.26. The second kappa shape index (κ2) is 6.41. The van der Waals surface area contributed by atoms with Crippen molar-refractivity contribution in [3.63, 3.8) is 0 Å². The fourth-order valence-corrected chi connectivity index (χ4v) is 1.53. The van der Waals surface area contributed by atoms with E-state index in [0.29, 0.717) is 5.56 Å². The van der Waals surface area contributed by atoms with Crippen LogP contribution in [0.3, 0.4) is 0 Å². The molecule has 0 aliphatic carbocycles. The molecule has 20 heavy (non-hydrogen) atoms. The molecule has 0 aromatic heterocycles. The van der Waals surface area contributed by atoms with E-state index in [1.165, 1.54) is 6.07 Å². The molecule has 0 saturated heterocycles. The lowest BCUT2D eigenvalue weighted by atomic mass is 10.0. The molecule has 0 heterocycles. The molecule has 0 saturated carbocycles. The van der Waals surface area contributed by atoms with Gasteiger partial charge in [-0.25, -0.2) is 4.79 Å². The number of hydrogen-bond acceptors (Lipinski definition) is 4. The molecular weight excluding hydrogens is 258 g/mol. The van der Waals surface area contributed by atoms with Crippen molar-refractivity contribution in [2.45, 2.75) is 39.7 Å². The van der Waals surface area contributed by atoms with Crippen molar-refractivity contribution in [1.82, 2.24) is 5.32 Å².